The van der Waals surface area contributed by atoms with Crippen LogP contribution in [0.2, 0.25) is 0 Å². The molecule has 10 nitrogen and oxygen atoms in total. The van der Waals surface area contributed by atoms with Gasteiger partial charge in [-0.3, -0.25) is 0 Å². The summed E-state index contributed by atoms with van der Waals surface area (Å²) in [6.45, 7) is 0.755. The highest BCUT2D eigenvalue weighted by atomic mass is 16.5. The first-order chi connectivity index (χ1) is 15.7. The first-order valence-electron chi connectivity index (χ1n) is 12.0. The molecule has 1 spiro atoms. The Kier molecular flexibility index (Phi) is 4.80. The molecule has 5 saturated carbocycles. The summed E-state index contributed by atoms with van der Waals surface area (Å²) in [5.41, 5.74) is -4.83. The summed E-state index contributed by atoms with van der Waals surface area (Å²) in [5.74, 6) is -2.08. The first-order valence-corrected chi connectivity index (χ1v) is 12.0. The van der Waals surface area contributed by atoms with Crippen molar-refractivity contribution in [2.75, 3.05) is 41.6 Å². The van der Waals surface area contributed by atoms with Crippen molar-refractivity contribution in [3.05, 3.63) is 0 Å². The monoisotopic (exact) mass is 471 g/mol. The van der Waals surface area contributed by atoms with E-state index in [1.807, 2.05) is 0 Å². The molecule has 6 fully saturated rings. The average Bonchev–Trinajstić information content (AvgIpc) is 3.12. The van der Waals surface area contributed by atoms with Crippen LogP contribution in [0.3, 0.4) is 0 Å². The van der Waals surface area contributed by atoms with Crippen LogP contribution in [0, 0.1) is 34.5 Å². The molecule has 15 atom stereocenters. The van der Waals surface area contributed by atoms with Gasteiger partial charge in [0.15, 0.2) is 0 Å². The van der Waals surface area contributed by atoms with Crippen molar-refractivity contribution in [3.8, 4) is 0 Å². The fourth-order valence-corrected chi connectivity index (χ4v) is 10.4. The predicted octanol–water partition coefficient (Wildman–Crippen LogP) is -2.52. The highest BCUT2D eigenvalue weighted by Crippen LogP contribution is 2.78. The summed E-state index contributed by atoms with van der Waals surface area (Å²) < 4.78 is 23.4. The van der Waals surface area contributed by atoms with Crippen molar-refractivity contribution in [1.82, 2.24) is 5.32 Å². The summed E-state index contributed by atoms with van der Waals surface area (Å²) in [7, 11) is 6.21. The van der Waals surface area contributed by atoms with Crippen LogP contribution in [-0.4, -0.2) is 121 Å². The second kappa shape index (κ2) is 6.88. The van der Waals surface area contributed by atoms with Gasteiger partial charge < -0.3 is 49.8 Å². The Labute approximate surface area is 193 Å². The molecule has 6 N–H and O–H groups in total. The molecule has 1 aliphatic heterocycles. The second-order valence-corrected chi connectivity index (χ2v) is 11.5. The van der Waals surface area contributed by atoms with Gasteiger partial charge in [-0.15, -0.1) is 0 Å². The van der Waals surface area contributed by atoms with Gasteiger partial charge in [0.25, 0.3) is 0 Å². The van der Waals surface area contributed by atoms with E-state index < -0.39 is 76.4 Å². The summed E-state index contributed by atoms with van der Waals surface area (Å²) in [6.07, 6.45) is -4.99. The number of piperidine rings is 1. The third-order valence-electron chi connectivity index (χ3n) is 11.1. The standard InChI is InChI=1S/C23H37NO9/c1-30-8-20-7-24-16-13-14(32-3)15(20)22(16,11(31-2)5-10(20)25)9-6-21(28)17(26)12(9)23(13,29)18(27)19(21)33-4/h9-19,24-29H,5-8H2,1-4H3/t9-,10-,11+,12-,13+,14+,15-,16?,17-,18+,19+,20+,21-,22+,23-/m1/s1. The maximum atomic E-state index is 12.4. The van der Waals surface area contributed by atoms with Crippen LogP contribution in [0.4, 0.5) is 0 Å². The van der Waals surface area contributed by atoms with E-state index in [1.165, 1.54) is 7.11 Å². The first kappa shape index (κ1) is 23.0. The lowest BCUT2D eigenvalue weighted by atomic mass is 9.43. The third-order valence-corrected chi connectivity index (χ3v) is 11.1. The molecule has 0 aromatic rings. The van der Waals surface area contributed by atoms with Crippen LogP contribution in [0.15, 0.2) is 0 Å². The van der Waals surface area contributed by atoms with E-state index in [1.54, 1.807) is 21.3 Å². The van der Waals surface area contributed by atoms with Gasteiger partial charge in [0.05, 0.1) is 31.0 Å². The zero-order valence-electron chi connectivity index (χ0n) is 19.5. The molecular weight excluding hydrogens is 434 g/mol. The Bertz CT molecular complexity index is 832. The fourth-order valence-electron chi connectivity index (χ4n) is 10.4. The molecule has 1 unspecified atom stereocenters. The van der Waals surface area contributed by atoms with Gasteiger partial charge in [-0.1, -0.05) is 0 Å². The molecule has 6 rings (SSSR count). The number of ether oxygens (including phenoxy) is 4. The molecule has 0 aromatic carbocycles. The van der Waals surface area contributed by atoms with Crippen LogP contribution in [0.1, 0.15) is 12.8 Å². The molecular formula is C23H37NO9. The van der Waals surface area contributed by atoms with Crippen molar-refractivity contribution in [1.29, 1.82) is 0 Å². The van der Waals surface area contributed by atoms with Gasteiger partial charge in [0.2, 0.25) is 0 Å². The van der Waals surface area contributed by atoms with Crippen LogP contribution in [0.5, 0.6) is 0 Å². The quantitative estimate of drug-likeness (QED) is 0.254. The number of nitrogens with one attached hydrogen (secondary N) is 1. The molecule has 0 amide bonds. The molecule has 10 heteroatoms. The number of hydrogen-bond acceptors (Lipinski definition) is 10. The number of hydrogen-bond donors (Lipinski definition) is 6. The Balaban J connectivity index is 1.65. The SMILES string of the molecule is COC[C@]12CNC3[C@@H]4[C@H](OC)[C@H]1[C@@]3([C@@H](OC)C[C@H]2O)[C@@H]1C[C@@]2(O)[C@H](O)[C@@H]1[C@]4(O)[C@@H](O)[C@@H]2OC. The number of fused-ring (bicyclic) bond motifs is 2. The smallest absolute Gasteiger partial charge is 0.120 e. The predicted molar refractivity (Wildman–Crippen MR) is 112 cm³/mol. The summed E-state index contributed by atoms with van der Waals surface area (Å²) >= 11 is 0. The van der Waals surface area contributed by atoms with E-state index in [0.29, 0.717) is 13.0 Å². The Morgan fingerprint density at radius 2 is 1.67 bits per heavy atom. The van der Waals surface area contributed by atoms with Crippen LogP contribution >= 0.6 is 0 Å². The lowest BCUT2D eigenvalue weighted by molar-refractivity contribution is -0.307. The van der Waals surface area contributed by atoms with Gasteiger partial charge in [-0.2, -0.15) is 0 Å². The molecule has 33 heavy (non-hydrogen) atoms. The normalized spacial score (nSPS) is 64.8. The Morgan fingerprint density at radius 1 is 0.939 bits per heavy atom. The minimum absolute atomic E-state index is 0.146. The largest absolute Gasteiger partial charge is 0.392 e. The van der Waals surface area contributed by atoms with Crippen molar-refractivity contribution in [2.45, 2.75) is 66.7 Å². The molecule has 7 bridgehead atoms. The molecule has 0 radical (unpaired) electrons. The highest BCUT2D eigenvalue weighted by molar-refractivity contribution is 5.39. The number of aliphatic hydroxyl groups is 5. The third kappa shape index (κ3) is 2.11. The van der Waals surface area contributed by atoms with Gasteiger partial charge in [-0.25, -0.2) is 0 Å². The Hall–Kier alpha value is -0.400. The molecule has 6 aliphatic rings. The minimum Gasteiger partial charge on any atom is -0.392 e. The van der Waals surface area contributed by atoms with Crippen molar-refractivity contribution < 1.29 is 44.5 Å². The van der Waals surface area contributed by atoms with Crippen LogP contribution in [0.25, 0.3) is 0 Å². The van der Waals surface area contributed by atoms with Gasteiger partial charge in [-0.05, 0) is 12.3 Å². The number of methoxy groups -OCH3 is 4. The van der Waals surface area contributed by atoms with Gasteiger partial charge in [0, 0.05) is 76.0 Å². The summed E-state index contributed by atoms with van der Waals surface area (Å²) in [6, 6.07) is -0.305. The lowest BCUT2D eigenvalue weighted by Crippen LogP contribution is -2.80. The van der Waals surface area contributed by atoms with E-state index in [4.69, 9.17) is 18.9 Å². The maximum Gasteiger partial charge on any atom is 0.120 e. The van der Waals surface area contributed by atoms with E-state index >= 15 is 0 Å². The zero-order valence-corrected chi connectivity index (χ0v) is 19.5. The molecule has 0 aromatic heterocycles. The topological polar surface area (TPSA) is 150 Å². The van der Waals surface area contributed by atoms with Gasteiger partial charge in [0.1, 0.15) is 23.4 Å². The van der Waals surface area contributed by atoms with E-state index in [2.05, 4.69) is 5.32 Å². The second-order valence-electron chi connectivity index (χ2n) is 11.5. The van der Waals surface area contributed by atoms with E-state index in [9.17, 15) is 25.5 Å². The minimum atomic E-state index is -1.76. The lowest BCUT2D eigenvalue weighted by Gasteiger charge is -2.67. The number of aliphatic hydroxyl groups excluding tert-OH is 3. The Morgan fingerprint density at radius 3 is 2.27 bits per heavy atom. The summed E-state index contributed by atoms with van der Waals surface area (Å²) in [5, 5.41) is 62.0. The van der Waals surface area contributed by atoms with Crippen LogP contribution in [-0.2, 0) is 18.9 Å². The molecule has 1 heterocycles. The molecule has 188 valence electrons. The van der Waals surface area contributed by atoms with Crippen molar-refractivity contribution >= 4 is 0 Å². The number of rotatable bonds is 5. The highest BCUT2D eigenvalue weighted by Gasteiger charge is 2.89. The average molecular weight is 472 g/mol. The van der Waals surface area contributed by atoms with E-state index in [0.717, 1.165) is 0 Å². The van der Waals surface area contributed by atoms with Crippen LogP contribution < -0.4 is 5.32 Å². The van der Waals surface area contributed by atoms with Crippen molar-refractivity contribution in [2.24, 2.45) is 34.5 Å². The molecule has 5 aliphatic carbocycles. The van der Waals surface area contributed by atoms with Gasteiger partial charge >= 0.3 is 0 Å². The van der Waals surface area contributed by atoms with E-state index in [-0.39, 0.29) is 25.0 Å². The fraction of sp³-hybridized carbons (Fsp3) is 1.00. The van der Waals surface area contributed by atoms with Crippen molar-refractivity contribution in [3.63, 3.8) is 0 Å². The summed E-state index contributed by atoms with van der Waals surface area (Å²) in [4.78, 5) is 0. The maximum absolute atomic E-state index is 12.4. The molecule has 1 saturated heterocycles. The zero-order chi connectivity index (χ0) is 23.7.